The predicted molar refractivity (Wildman–Crippen MR) is 39.3 cm³/mol. The van der Waals surface area contributed by atoms with E-state index >= 15 is 0 Å². The number of nitrogens with zero attached hydrogens (tertiary/aromatic N) is 1. The van der Waals surface area contributed by atoms with E-state index in [-0.39, 0.29) is 11.1 Å². The Hall–Kier alpha value is -1.32. The molecule has 0 atom stereocenters. The standard InChI is InChI=1S/C8H7F2NO/c1-5-2-7(8(9)10)6(4-12)3-11-5/h2-4,8H,1H3. The molecule has 0 saturated heterocycles. The van der Waals surface area contributed by atoms with Gasteiger partial charge in [0.2, 0.25) is 0 Å². The number of aryl methyl sites for hydroxylation is 1. The molecule has 0 spiro atoms. The van der Waals surface area contributed by atoms with E-state index in [0.717, 1.165) is 6.20 Å². The zero-order chi connectivity index (χ0) is 9.14. The van der Waals surface area contributed by atoms with Gasteiger partial charge in [0.25, 0.3) is 6.43 Å². The lowest BCUT2D eigenvalue weighted by Crippen LogP contribution is -1.95. The molecule has 1 aromatic rings. The molecule has 0 bridgehead atoms. The second-order valence-corrected chi connectivity index (χ2v) is 2.37. The van der Waals surface area contributed by atoms with Crippen molar-refractivity contribution < 1.29 is 13.6 Å². The Morgan fingerprint density at radius 1 is 1.58 bits per heavy atom. The Kier molecular flexibility index (Phi) is 2.47. The molecular weight excluding hydrogens is 164 g/mol. The van der Waals surface area contributed by atoms with Gasteiger partial charge in [-0.2, -0.15) is 0 Å². The highest BCUT2D eigenvalue weighted by molar-refractivity contribution is 5.76. The van der Waals surface area contributed by atoms with Crippen LogP contribution in [0, 0.1) is 6.92 Å². The molecule has 0 saturated carbocycles. The average Bonchev–Trinajstić information content (AvgIpc) is 2.04. The van der Waals surface area contributed by atoms with Gasteiger partial charge in [-0.05, 0) is 13.0 Å². The fourth-order valence-electron chi connectivity index (χ4n) is 0.879. The first-order valence-corrected chi connectivity index (χ1v) is 3.35. The van der Waals surface area contributed by atoms with Crippen LogP contribution in [0.4, 0.5) is 8.78 Å². The fraction of sp³-hybridized carbons (Fsp3) is 0.250. The van der Waals surface area contributed by atoms with Crippen LogP contribution in [0.1, 0.15) is 28.0 Å². The van der Waals surface area contributed by atoms with E-state index in [2.05, 4.69) is 4.98 Å². The molecule has 1 rings (SSSR count). The van der Waals surface area contributed by atoms with E-state index in [1.807, 2.05) is 0 Å². The Morgan fingerprint density at radius 3 is 2.75 bits per heavy atom. The lowest BCUT2D eigenvalue weighted by molar-refractivity contribution is 0.110. The summed E-state index contributed by atoms with van der Waals surface area (Å²) in [7, 11) is 0. The molecule has 0 aromatic carbocycles. The minimum atomic E-state index is -2.62. The van der Waals surface area contributed by atoms with Crippen LogP contribution in [0.5, 0.6) is 0 Å². The number of pyridine rings is 1. The monoisotopic (exact) mass is 171 g/mol. The van der Waals surface area contributed by atoms with Gasteiger partial charge < -0.3 is 0 Å². The molecule has 1 aromatic heterocycles. The number of hydrogen-bond acceptors (Lipinski definition) is 2. The second kappa shape index (κ2) is 3.38. The van der Waals surface area contributed by atoms with E-state index in [0.29, 0.717) is 12.0 Å². The van der Waals surface area contributed by atoms with E-state index in [4.69, 9.17) is 0 Å². The molecule has 0 amide bonds. The van der Waals surface area contributed by atoms with Gasteiger partial charge in [0.15, 0.2) is 6.29 Å². The third-order valence-corrected chi connectivity index (χ3v) is 1.47. The maximum absolute atomic E-state index is 12.2. The zero-order valence-electron chi connectivity index (χ0n) is 6.42. The Balaban J connectivity index is 3.21. The number of rotatable bonds is 2. The first-order valence-electron chi connectivity index (χ1n) is 3.35. The Morgan fingerprint density at radius 2 is 2.25 bits per heavy atom. The first kappa shape index (κ1) is 8.77. The molecule has 4 heteroatoms. The highest BCUT2D eigenvalue weighted by atomic mass is 19.3. The van der Waals surface area contributed by atoms with Crippen molar-refractivity contribution >= 4 is 6.29 Å². The molecule has 12 heavy (non-hydrogen) atoms. The molecule has 2 nitrogen and oxygen atoms in total. The van der Waals surface area contributed by atoms with E-state index in [9.17, 15) is 13.6 Å². The topological polar surface area (TPSA) is 30.0 Å². The van der Waals surface area contributed by atoms with Gasteiger partial charge in [-0.3, -0.25) is 9.78 Å². The van der Waals surface area contributed by atoms with Crippen LogP contribution in [0.3, 0.4) is 0 Å². The number of halogens is 2. The smallest absolute Gasteiger partial charge is 0.264 e. The van der Waals surface area contributed by atoms with Crippen molar-refractivity contribution in [2.45, 2.75) is 13.3 Å². The third kappa shape index (κ3) is 1.64. The maximum atomic E-state index is 12.2. The van der Waals surface area contributed by atoms with Gasteiger partial charge >= 0.3 is 0 Å². The molecular formula is C8H7F2NO. The second-order valence-electron chi connectivity index (χ2n) is 2.37. The number of carbonyl (C=O) groups excluding carboxylic acids is 1. The van der Waals surface area contributed by atoms with Crippen LogP contribution >= 0.6 is 0 Å². The average molecular weight is 171 g/mol. The first-order chi connectivity index (χ1) is 5.65. The normalized spacial score (nSPS) is 10.3. The highest BCUT2D eigenvalue weighted by Gasteiger charge is 2.12. The lowest BCUT2D eigenvalue weighted by atomic mass is 10.1. The minimum absolute atomic E-state index is 0.0457. The number of carbonyl (C=O) groups is 1. The van der Waals surface area contributed by atoms with Gasteiger partial charge in [0.05, 0.1) is 0 Å². The Bertz CT molecular complexity index is 299. The summed E-state index contributed by atoms with van der Waals surface area (Å²) in [5.74, 6) is 0. The van der Waals surface area contributed by atoms with Gasteiger partial charge in [0, 0.05) is 23.0 Å². The molecule has 0 aliphatic heterocycles. The molecule has 1 heterocycles. The summed E-state index contributed by atoms with van der Waals surface area (Å²) in [6.45, 7) is 1.60. The van der Waals surface area contributed by atoms with Crippen LogP contribution in [-0.2, 0) is 0 Å². The van der Waals surface area contributed by atoms with Crippen LogP contribution in [0.15, 0.2) is 12.3 Å². The number of alkyl halides is 2. The molecule has 0 unspecified atom stereocenters. The van der Waals surface area contributed by atoms with Gasteiger partial charge in [0.1, 0.15) is 0 Å². The fourth-order valence-corrected chi connectivity index (χ4v) is 0.879. The maximum Gasteiger partial charge on any atom is 0.264 e. The van der Waals surface area contributed by atoms with Crippen molar-refractivity contribution in [3.8, 4) is 0 Å². The van der Waals surface area contributed by atoms with Gasteiger partial charge in [-0.15, -0.1) is 0 Å². The minimum Gasteiger partial charge on any atom is -0.298 e. The van der Waals surface area contributed by atoms with Crippen molar-refractivity contribution in [2.75, 3.05) is 0 Å². The van der Waals surface area contributed by atoms with Gasteiger partial charge in [-0.1, -0.05) is 0 Å². The summed E-state index contributed by atoms with van der Waals surface area (Å²) in [5, 5.41) is 0. The largest absolute Gasteiger partial charge is 0.298 e. The van der Waals surface area contributed by atoms with Crippen LogP contribution < -0.4 is 0 Å². The van der Waals surface area contributed by atoms with E-state index in [1.54, 1.807) is 6.92 Å². The van der Waals surface area contributed by atoms with E-state index in [1.165, 1.54) is 6.07 Å². The summed E-state index contributed by atoms with van der Waals surface area (Å²) in [4.78, 5) is 14.0. The summed E-state index contributed by atoms with van der Waals surface area (Å²) >= 11 is 0. The predicted octanol–water partition coefficient (Wildman–Crippen LogP) is 2.14. The van der Waals surface area contributed by atoms with Gasteiger partial charge in [-0.25, -0.2) is 8.78 Å². The highest BCUT2D eigenvalue weighted by Crippen LogP contribution is 2.21. The number of aromatic nitrogens is 1. The lowest BCUT2D eigenvalue weighted by Gasteiger charge is -2.02. The quantitative estimate of drug-likeness (QED) is 0.638. The summed E-state index contributed by atoms with van der Waals surface area (Å²) in [5.41, 5.74) is 0.184. The van der Waals surface area contributed by atoms with Crippen molar-refractivity contribution in [1.29, 1.82) is 0 Å². The van der Waals surface area contributed by atoms with Crippen molar-refractivity contribution in [1.82, 2.24) is 4.98 Å². The van der Waals surface area contributed by atoms with E-state index < -0.39 is 6.43 Å². The molecule has 0 N–H and O–H groups in total. The molecule has 64 valence electrons. The zero-order valence-corrected chi connectivity index (χ0v) is 6.42. The SMILES string of the molecule is Cc1cc(C(F)F)c(C=O)cn1. The molecule has 0 radical (unpaired) electrons. The summed E-state index contributed by atoms with van der Waals surface area (Å²) in [6, 6.07) is 1.22. The number of hydrogen-bond donors (Lipinski definition) is 0. The summed E-state index contributed by atoms with van der Waals surface area (Å²) < 4.78 is 24.4. The van der Waals surface area contributed by atoms with Crippen molar-refractivity contribution in [2.24, 2.45) is 0 Å². The molecule has 0 aliphatic carbocycles. The van der Waals surface area contributed by atoms with Crippen LogP contribution in [0.25, 0.3) is 0 Å². The molecule has 0 aliphatic rings. The Labute approximate surface area is 68.2 Å². The van der Waals surface area contributed by atoms with Crippen LogP contribution in [-0.4, -0.2) is 11.3 Å². The molecule has 0 fully saturated rings. The van der Waals surface area contributed by atoms with Crippen molar-refractivity contribution in [3.63, 3.8) is 0 Å². The third-order valence-electron chi connectivity index (χ3n) is 1.47. The summed E-state index contributed by atoms with van der Waals surface area (Å²) in [6.07, 6.45) is -1.08. The number of aldehydes is 1. The van der Waals surface area contributed by atoms with Crippen LogP contribution in [0.2, 0.25) is 0 Å². The van der Waals surface area contributed by atoms with Crippen molar-refractivity contribution in [3.05, 3.63) is 29.1 Å².